The number of methoxy groups -OCH3 is 2. The van der Waals surface area contributed by atoms with Gasteiger partial charge in [0.05, 0.1) is 27.2 Å². The maximum atomic E-state index is 12.0. The highest BCUT2D eigenvalue weighted by atomic mass is 35.5. The molecule has 0 saturated heterocycles. The van der Waals surface area contributed by atoms with Crippen LogP contribution in [0.1, 0.15) is 5.56 Å². The highest BCUT2D eigenvalue weighted by Gasteiger charge is 2.12. The number of carbonyl (C=O) groups excluding carboxylic acids is 2. The van der Waals surface area contributed by atoms with E-state index < -0.39 is 11.9 Å². The molecule has 150 valence electrons. The third-order valence-corrected chi connectivity index (χ3v) is 3.95. The van der Waals surface area contributed by atoms with E-state index in [4.69, 9.17) is 30.5 Å². The molecule has 0 aromatic heterocycles. The zero-order chi connectivity index (χ0) is 20.4. The SMILES string of the molecule is COc1ccc(CC(=O)OCC(=O)NCCOc2ccc(Cl)cc2)c(OC)c1. The van der Waals surface area contributed by atoms with Crippen LogP contribution in [0.5, 0.6) is 17.2 Å². The minimum absolute atomic E-state index is 0.0138. The first-order valence-corrected chi connectivity index (χ1v) is 8.91. The summed E-state index contributed by atoms with van der Waals surface area (Å²) in [7, 11) is 3.05. The largest absolute Gasteiger partial charge is 0.497 e. The molecule has 0 aliphatic rings. The second kappa shape index (κ2) is 11.0. The molecule has 0 radical (unpaired) electrons. The van der Waals surface area contributed by atoms with Gasteiger partial charge in [-0.3, -0.25) is 9.59 Å². The van der Waals surface area contributed by atoms with Gasteiger partial charge in [0.2, 0.25) is 0 Å². The average Bonchev–Trinajstić information content (AvgIpc) is 2.71. The summed E-state index contributed by atoms with van der Waals surface area (Å²) in [4.78, 5) is 23.7. The van der Waals surface area contributed by atoms with E-state index >= 15 is 0 Å². The van der Waals surface area contributed by atoms with Crippen LogP contribution in [0.25, 0.3) is 0 Å². The molecular weight excluding hydrogens is 386 g/mol. The molecule has 8 heteroatoms. The Kier molecular flexibility index (Phi) is 8.42. The van der Waals surface area contributed by atoms with E-state index in [1.807, 2.05) is 0 Å². The van der Waals surface area contributed by atoms with Crippen LogP contribution >= 0.6 is 11.6 Å². The minimum Gasteiger partial charge on any atom is -0.497 e. The molecule has 2 aromatic rings. The van der Waals surface area contributed by atoms with Crippen molar-refractivity contribution in [2.24, 2.45) is 0 Å². The molecule has 1 amide bonds. The van der Waals surface area contributed by atoms with Crippen molar-refractivity contribution in [3.8, 4) is 17.2 Å². The molecule has 2 rings (SSSR count). The fourth-order valence-electron chi connectivity index (χ4n) is 2.29. The lowest BCUT2D eigenvalue weighted by atomic mass is 10.1. The lowest BCUT2D eigenvalue weighted by Gasteiger charge is -2.11. The molecule has 0 bridgehead atoms. The molecule has 0 aliphatic carbocycles. The highest BCUT2D eigenvalue weighted by Crippen LogP contribution is 2.25. The van der Waals surface area contributed by atoms with Gasteiger partial charge in [-0.1, -0.05) is 17.7 Å². The van der Waals surface area contributed by atoms with Gasteiger partial charge in [0.25, 0.3) is 5.91 Å². The fraction of sp³-hybridized carbons (Fsp3) is 0.300. The predicted octanol–water partition coefficient (Wildman–Crippen LogP) is 2.64. The standard InChI is InChI=1S/C20H22ClNO6/c1-25-17-6-3-14(18(12-17)26-2)11-20(24)28-13-19(23)22-9-10-27-16-7-4-15(21)5-8-16/h3-8,12H,9-11,13H2,1-2H3,(H,22,23). The summed E-state index contributed by atoms with van der Waals surface area (Å²) in [5.74, 6) is 0.846. The molecule has 0 unspecified atom stereocenters. The fourth-order valence-corrected chi connectivity index (χ4v) is 2.42. The number of halogens is 1. The van der Waals surface area contributed by atoms with Crippen LogP contribution in [0.15, 0.2) is 42.5 Å². The second-order valence-corrected chi connectivity index (χ2v) is 6.10. The maximum absolute atomic E-state index is 12.0. The highest BCUT2D eigenvalue weighted by molar-refractivity contribution is 6.30. The first-order chi connectivity index (χ1) is 13.5. The van der Waals surface area contributed by atoms with E-state index in [0.29, 0.717) is 27.8 Å². The van der Waals surface area contributed by atoms with Gasteiger partial charge in [-0.05, 0) is 30.3 Å². The van der Waals surface area contributed by atoms with Gasteiger partial charge in [0.15, 0.2) is 6.61 Å². The van der Waals surface area contributed by atoms with Crippen molar-refractivity contribution >= 4 is 23.5 Å². The van der Waals surface area contributed by atoms with E-state index in [2.05, 4.69) is 5.32 Å². The third-order valence-electron chi connectivity index (χ3n) is 3.70. The van der Waals surface area contributed by atoms with Crippen LogP contribution in [-0.2, 0) is 20.7 Å². The van der Waals surface area contributed by atoms with Gasteiger partial charge in [-0.2, -0.15) is 0 Å². The molecule has 0 atom stereocenters. The topological polar surface area (TPSA) is 83.1 Å². The summed E-state index contributed by atoms with van der Waals surface area (Å²) in [5.41, 5.74) is 0.644. The zero-order valence-electron chi connectivity index (χ0n) is 15.7. The van der Waals surface area contributed by atoms with E-state index in [0.717, 1.165) is 0 Å². The number of rotatable bonds is 10. The van der Waals surface area contributed by atoms with Gasteiger partial charge >= 0.3 is 5.97 Å². The molecular formula is C20H22ClNO6. The molecule has 0 spiro atoms. The monoisotopic (exact) mass is 407 g/mol. The average molecular weight is 408 g/mol. The van der Waals surface area contributed by atoms with Crippen molar-refractivity contribution in [2.45, 2.75) is 6.42 Å². The first-order valence-electron chi connectivity index (χ1n) is 8.53. The summed E-state index contributed by atoms with van der Waals surface area (Å²) in [6, 6.07) is 12.0. The Morgan fingerprint density at radius 2 is 1.71 bits per heavy atom. The van der Waals surface area contributed by atoms with Crippen LogP contribution in [0.4, 0.5) is 0 Å². The quantitative estimate of drug-likeness (QED) is 0.481. The molecule has 0 fully saturated rings. The molecule has 1 N–H and O–H groups in total. The molecule has 28 heavy (non-hydrogen) atoms. The van der Waals surface area contributed by atoms with Crippen molar-refractivity contribution in [3.63, 3.8) is 0 Å². The third kappa shape index (κ3) is 7.00. The van der Waals surface area contributed by atoms with Gasteiger partial charge in [0, 0.05) is 16.7 Å². The van der Waals surface area contributed by atoms with Crippen molar-refractivity contribution in [1.82, 2.24) is 5.32 Å². The van der Waals surface area contributed by atoms with E-state index in [1.165, 1.54) is 7.11 Å². The van der Waals surface area contributed by atoms with Crippen LogP contribution in [-0.4, -0.2) is 45.9 Å². The van der Waals surface area contributed by atoms with Gasteiger partial charge < -0.3 is 24.3 Å². The summed E-state index contributed by atoms with van der Waals surface area (Å²) < 4.78 is 20.8. The van der Waals surface area contributed by atoms with Crippen molar-refractivity contribution in [2.75, 3.05) is 34.0 Å². The normalized spacial score (nSPS) is 10.1. The number of hydrogen-bond donors (Lipinski definition) is 1. The number of ether oxygens (including phenoxy) is 4. The molecule has 0 aliphatic heterocycles. The molecule has 0 saturated carbocycles. The second-order valence-electron chi connectivity index (χ2n) is 5.67. The number of benzene rings is 2. The number of hydrogen-bond acceptors (Lipinski definition) is 6. The Hall–Kier alpha value is -2.93. The number of amides is 1. The van der Waals surface area contributed by atoms with Crippen LogP contribution in [0, 0.1) is 0 Å². The summed E-state index contributed by atoms with van der Waals surface area (Å²) in [6.45, 7) is 0.202. The lowest BCUT2D eigenvalue weighted by molar-refractivity contribution is -0.147. The zero-order valence-corrected chi connectivity index (χ0v) is 16.5. The summed E-state index contributed by atoms with van der Waals surface area (Å²) in [6.07, 6.45) is -0.0138. The Morgan fingerprint density at radius 3 is 2.39 bits per heavy atom. The van der Waals surface area contributed by atoms with E-state index in [9.17, 15) is 9.59 Å². The Bertz CT molecular complexity index is 794. The Balaban J connectivity index is 1.68. The van der Waals surface area contributed by atoms with Crippen LogP contribution in [0.2, 0.25) is 5.02 Å². The smallest absolute Gasteiger partial charge is 0.310 e. The van der Waals surface area contributed by atoms with Crippen LogP contribution < -0.4 is 19.5 Å². The summed E-state index contributed by atoms with van der Waals surface area (Å²) in [5, 5.41) is 3.23. The van der Waals surface area contributed by atoms with Crippen molar-refractivity contribution < 1.29 is 28.5 Å². The summed E-state index contributed by atoms with van der Waals surface area (Å²) >= 11 is 5.79. The Labute approximate surface area is 168 Å². The molecule has 2 aromatic carbocycles. The predicted molar refractivity (Wildman–Crippen MR) is 104 cm³/mol. The van der Waals surface area contributed by atoms with E-state index in [1.54, 1.807) is 49.6 Å². The van der Waals surface area contributed by atoms with Crippen molar-refractivity contribution in [3.05, 3.63) is 53.1 Å². The van der Waals surface area contributed by atoms with E-state index in [-0.39, 0.29) is 26.2 Å². The minimum atomic E-state index is -0.531. The first kappa shape index (κ1) is 21.4. The van der Waals surface area contributed by atoms with Crippen molar-refractivity contribution in [1.29, 1.82) is 0 Å². The lowest BCUT2D eigenvalue weighted by Crippen LogP contribution is -2.32. The maximum Gasteiger partial charge on any atom is 0.310 e. The van der Waals surface area contributed by atoms with Gasteiger partial charge in [0.1, 0.15) is 23.9 Å². The van der Waals surface area contributed by atoms with Crippen LogP contribution in [0.3, 0.4) is 0 Å². The number of nitrogens with one attached hydrogen (secondary N) is 1. The number of carbonyl (C=O) groups is 2. The van der Waals surface area contributed by atoms with Gasteiger partial charge in [-0.15, -0.1) is 0 Å². The Morgan fingerprint density at radius 1 is 1.00 bits per heavy atom. The number of esters is 1. The molecule has 0 heterocycles. The van der Waals surface area contributed by atoms with Gasteiger partial charge in [-0.25, -0.2) is 0 Å². The molecule has 7 nitrogen and oxygen atoms in total.